The van der Waals surface area contributed by atoms with Crippen molar-refractivity contribution in [1.82, 2.24) is 10.2 Å². The molecule has 1 aromatic heterocycles. The Bertz CT molecular complexity index is 1050. The summed E-state index contributed by atoms with van der Waals surface area (Å²) in [6.45, 7) is 3.50. The molecule has 0 bridgehead atoms. The summed E-state index contributed by atoms with van der Waals surface area (Å²) in [6, 6.07) is 20.0. The average Bonchev–Trinajstić information content (AvgIpc) is 2.79. The van der Waals surface area contributed by atoms with Crippen molar-refractivity contribution in [3.05, 3.63) is 71.2 Å². The van der Waals surface area contributed by atoms with Crippen LogP contribution >= 0.6 is 11.6 Å². The van der Waals surface area contributed by atoms with Crippen LogP contribution in [0.4, 0.5) is 11.5 Å². The Hall–Kier alpha value is -2.92. The molecule has 1 aliphatic carbocycles. The Morgan fingerprint density at radius 2 is 1.78 bits per heavy atom. The van der Waals surface area contributed by atoms with E-state index in [1.807, 2.05) is 43.3 Å². The number of aromatic nitrogens is 2. The smallest absolute Gasteiger partial charge is 0.302 e. The molecule has 0 aliphatic heterocycles. The third-order valence-corrected chi connectivity index (χ3v) is 6.46. The molecule has 2 aromatic carbocycles. The molecule has 1 fully saturated rings. The van der Waals surface area contributed by atoms with E-state index in [0.717, 1.165) is 42.6 Å². The molecule has 4 rings (SSSR count). The summed E-state index contributed by atoms with van der Waals surface area (Å²) < 4.78 is 5.38. The van der Waals surface area contributed by atoms with Crippen molar-refractivity contribution in [2.75, 3.05) is 5.32 Å². The van der Waals surface area contributed by atoms with Crippen LogP contribution in [-0.2, 0) is 9.53 Å². The van der Waals surface area contributed by atoms with Crippen molar-refractivity contribution in [1.29, 1.82) is 0 Å². The monoisotopic (exact) mass is 449 g/mol. The summed E-state index contributed by atoms with van der Waals surface area (Å²) in [5.74, 6) is 1.50. The van der Waals surface area contributed by atoms with Gasteiger partial charge in [-0.15, -0.1) is 10.2 Å². The zero-order valence-corrected chi connectivity index (χ0v) is 19.2. The van der Waals surface area contributed by atoms with Crippen LogP contribution < -0.4 is 5.32 Å². The highest BCUT2D eigenvalue weighted by atomic mass is 35.5. The second-order valence-electron chi connectivity index (χ2n) is 8.49. The van der Waals surface area contributed by atoms with Crippen molar-refractivity contribution in [3.8, 4) is 11.3 Å². The van der Waals surface area contributed by atoms with Gasteiger partial charge in [0.05, 0.1) is 5.69 Å². The number of hydrogen-bond acceptors (Lipinski definition) is 5. The lowest BCUT2D eigenvalue weighted by molar-refractivity contribution is -0.148. The van der Waals surface area contributed by atoms with Crippen molar-refractivity contribution in [2.24, 2.45) is 5.92 Å². The number of nitrogens with zero attached hydrogens (tertiary/aromatic N) is 2. The van der Waals surface area contributed by atoms with E-state index in [-0.39, 0.29) is 12.1 Å². The van der Waals surface area contributed by atoms with Gasteiger partial charge >= 0.3 is 5.97 Å². The Balaban J connectivity index is 1.35. The fourth-order valence-electron chi connectivity index (χ4n) is 4.47. The minimum Gasteiger partial charge on any atom is -0.463 e. The molecule has 1 atom stereocenters. The highest BCUT2D eigenvalue weighted by molar-refractivity contribution is 6.30. The molecule has 1 unspecified atom stereocenters. The van der Waals surface area contributed by atoms with Crippen LogP contribution in [0.15, 0.2) is 60.7 Å². The maximum atomic E-state index is 11.2. The van der Waals surface area contributed by atoms with Crippen molar-refractivity contribution < 1.29 is 9.53 Å². The number of halogens is 1. The van der Waals surface area contributed by atoms with Crippen LogP contribution in [0.25, 0.3) is 11.3 Å². The predicted octanol–water partition coefficient (Wildman–Crippen LogP) is 6.77. The number of esters is 1. The molecule has 0 amide bonds. The lowest BCUT2D eigenvalue weighted by Gasteiger charge is -2.32. The van der Waals surface area contributed by atoms with Gasteiger partial charge in [0.25, 0.3) is 0 Å². The molecule has 0 radical (unpaired) electrons. The lowest BCUT2D eigenvalue weighted by atomic mass is 9.77. The summed E-state index contributed by atoms with van der Waals surface area (Å²) >= 11 is 6.03. The molecule has 166 valence electrons. The largest absolute Gasteiger partial charge is 0.463 e. The molecule has 1 heterocycles. The second-order valence-corrected chi connectivity index (χ2v) is 8.92. The van der Waals surface area contributed by atoms with Gasteiger partial charge in [-0.2, -0.15) is 0 Å². The van der Waals surface area contributed by atoms with E-state index >= 15 is 0 Å². The maximum Gasteiger partial charge on any atom is 0.302 e. The summed E-state index contributed by atoms with van der Waals surface area (Å²) in [5.41, 5.74) is 4.13. The van der Waals surface area contributed by atoms with Crippen molar-refractivity contribution >= 4 is 29.1 Å². The van der Waals surface area contributed by atoms with E-state index in [1.165, 1.54) is 12.5 Å². The van der Waals surface area contributed by atoms with Crippen LogP contribution in [0.3, 0.4) is 0 Å². The van der Waals surface area contributed by atoms with Gasteiger partial charge < -0.3 is 10.1 Å². The second kappa shape index (κ2) is 10.1. The molecule has 0 spiro atoms. The first-order chi connectivity index (χ1) is 15.5. The number of carbonyl (C=O) groups is 1. The van der Waals surface area contributed by atoms with Crippen LogP contribution in [-0.4, -0.2) is 22.3 Å². The van der Waals surface area contributed by atoms with E-state index in [2.05, 4.69) is 39.8 Å². The predicted molar refractivity (Wildman–Crippen MR) is 128 cm³/mol. The average molecular weight is 450 g/mol. The molecule has 5 nitrogen and oxygen atoms in total. The fraction of sp³-hybridized carbons (Fsp3) is 0.346. The summed E-state index contributed by atoms with van der Waals surface area (Å²) in [4.78, 5) is 11.2. The SMILES string of the molecule is CC(=O)OC(C)C1CCC(c2ccc(-c3ccc(Nc4cccc(Cl)c4)nn3)cc2)CC1. The molecule has 1 saturated carbocycles. The molecule has 3 aromatic rings. The minimum absolute atomic E-state index is 0.00531. The summed E-state index contributed by atoms with van der Waals surface area (Å²) in [6.07, 6.45) is 4.44. The van der Waals surface area contributed by atoms with Crippen molar-refractivity contribution in [3.63, 3.8) is 0 Å². The number of benzene rings is 2. The minimum atomic E-state index is -0.188. The number of hydrogen-bond donors (Lipinski definition) is 1. The quantitative estimate of drug-likeness (QED) is 0.421. The van der Waals surface area contributed by atoms with Crippen LogP contribution in [0, 0.1) is 5.92 Å². The van der Waals surface area contributed by atoms with Gasteiger partial charge in [-0.05, 0) is 80.3 Å². The Labute approximate surface area is 194 Å². The molecular weight excluding hydrogens is 422 g/mol. The first kappa shape index (κ1) is 22.3. The zero-order chi connectivity index (χ0) is 22.5. The number of ether oxygens (including phenoxy) is 1. The highest BCUT2D eigenvalue weighted by Crippen LogP contribution is 2.38. The van der Waals surface area contributed by atoms with Gasteiger partial charge in [-0.25, -0.2) is 0 Å². The number of rotatable bonds is 6. The molecule has 32 heavy (non-hydrogen) atoms. The third-order valence-electron chi connectivity index (χ3n) is 6.23. The van der Waals surface area contributed by atoms with E-state index in [9.17, 15) is 4.79 Å². The van der Waals surface area contributed by atoms with Crippen molar-refractivity contribution in [2.45, 2.75) is 51.6 Å². The van der Waals surface area contributed by atoms with Gasteiger partial charge in [0, 0.05) is 23.2 Å². The van der Waals surface area contributed by atoms with E-state index in [4.69, 9.17) is 16.3 Å². The molecular formula is C26H28ClN3O2. The molecule has 0 saturated heterocycles. The van der Waals surface area contributed by atoms with Crippen LogP contribution in [0.1, 0.15) is 51.0 Å². The molecule has 6 heteroatoms. The van der Waals surface area contributed by atoms with Gasteiger partial charge in [0.1, 0.15) is 6.10 Å². The first-order valence-corrected chi connectivity index (χ1v) is 11.5. The van der Waals surface area contributed by atoms with Crippen LogP contribution in [0.5, 0.6) is 0 Å². The Morgan fingerprint density at radius 3 is 2.41 bits per heavy atom. The van der Waals surface area contributed by atoms with Gasteiger partial charge in [0.15, 0.2) is 5.82 Å². The van der Waals surface area contributed by atoms with E-state index in [1.54, 1.807) is 0 Å². The summed E-state index contributed by atoms with van der Waals surface area (Å²) in [7, 11) is 0. The number of nitrogens with one attached hydrogen (secondary N) is 1. The van der Waals surface area contributed by atoms with E-state index in [0.29, 0.717) is 22.7 Å². The normalized spacial score (nSPS) is 19.2. The molecule has 1 aliphatic rings. The van der Waals surface area contributed by atoms with Crippen LogP contribution in [0.2, 0.25) is 5.02 Å². The number of anilines is 2. The first-order valence-electron chi connectivity index (χ1n) is 11.1. The topological polar surface area (TPSA) is 64.1 Å². The fourth-order valence-corrected chi connectivity index (χ4v) is 4.66. The van der Waals surface area contributed by atoms with Gasteiger partial charge in [0.2, 0.25) is 0 Å². The Morgan fingerprint density at radius 1 is 1.03 bits per heavy atom. The maximum absolute atomic E-state index is 11.2. The Kier molecular flexibility index (Phi) is 7.05. The number of carbonyl (C=O) groups excluding carboxylic acids is 1. The highest BCUT2D eigenvalue weighted by Gasteiger charge is 2.27. The van der Waals surface area contributed by atoms with E-state index < -0.39 is 0 Å². The standard InChI is InChI=1S/C26H28ClN3O2/c1-17(32-18(2)31)19-6-8-20(9-7-19)21-10-12-22(13-11-21)25-14-15-26(30-29-25)28-24-5-3-4-23(27)16-24/h3-5,10-17,19-20H,6-9H2,1-2H3,(H,28,30). The third kappa shape index (κ3) is 5.65. The van der Waals surface area contributed by atoms with Gasteiger partial charge in [-0.3, -0.25) is 4.79 Å². The summed E-state index contributed by atoms with van der Waals surface area (Å²) in [5, 5.41) is 12.6. The zero-order valence-electron chi connectivity index (χ0n) is 18.4. The van der Waals surface area contributed by atoms with Gasteiger partial charge in [-0.1, -0.05) is 41.9 Å². The lowest BCUT2D eigenvalue weighted by Crippen LogP contribution is -2.26. The molecule has 1 N–H and O–H groups in total.